The molecule has 0 aromatic carbocycles. The first kappa shape index (κ1) is 12.2. The number of rotatable bonds is 1. The lowest BCUT2D eigenvalue weighted by molar-refractivity contribution is 1.15. The Kier molecular flexibility index (Phi) is 8.00. The molecule has 0 fully saturated rings. The molecule has 0 spiro atoms. The molecular formula is C5H9Cl2N3. The number of halogens is 2. The lowest BCUT2D eigenvalue weighted by Gasteiger charge is -1.91. The minimum absolute atomic E-state index is 0. The van der Waals surface area contributed by atoms with E-state index < -0.39 is 0 Å². The van der Waals surface area contributed by atoms with Crippen molar-refractivity contribution < 1.29 is 0 Å². The summed E-state index contributed by atoms with van der Waals surface area (Å²) >= 11 is 0. The number of hydrogen-bond donors (Lipinski definition) is 1. The van der Waals surface area contributed by atoms with Gasteiger partial charge in [-0.3, -0.25) is 0 Å². The highest BCUT2D eigenvalue weighted by molar-refractivity contribution is 5.85. The van der Waals surface area contributed by atoms with E-state index in [-0.39, 0.29) is 24.8 Å². The molecule has 0 saturated heterocycles. The maximum Gasteiger partial charge on any atom is 0.222 e. The summed E-state index contributed by atoms with van der Waals surface area (Å²) < 4.78 is 0. The predicted molar refractivity (Wildman–Crippen MR) is 46.1 cm³/mol. The van der Waals surface area contributed by atoms with Crippen LogP contribution in [0.15, 0.2) is 18.5 Å². The molecule has 3 nitrogen and oxygen atoms in total. The first-order valence-electron chi connectivity index (χ1n) is 2.38. The van der Waals surface area contributed by atoms with Gasteiger partial charge in [0, 0.05) is 19.4 Å². The Morgan fingerprint density at radius 3 is 2.00 bits per heavy atom. The molecular weight excluding hydrogens is 173 g/mol. The third kappa shape index (κ3) is 3.48. The molecule has 0 bridgehead atoms. The molecule has 1 N–H and O–H groups in total. The normalized spacial score (nSPS) is 6.90. The summed E-state index contributed by atoms with van der Waals surface area (Å²) in [6, 6.07) is 1.78. The second-order valence-electron chi connectivity index (χ2n) is 1.32. The zero-order valence-corrected chi connectivity index (χ0v) is 7.08. The van der Waals surface area contributed by atoms with Gasteiger partial charge in [0.25, 0.3) is 0 Å². The highest BCUT2D eigenvalue weighted by Crippen LogP contribution is 1.88. The average molecular weight is 182 g/mol. The molecule has 1 rings (SSSR count). The van der Waals surface area contributed by atoms with Crippen LogP contribution in [0.5, 0.6) is 0 Å². The standard InChI is InChI=1S/C5H7N3.2ClH/c1-6-5-7-3-2-4-8-5;;/h2-4H,1H3,(H,6,7,8);2*1H. The molecule has 0 unspecified atom stereocenters. The van der Waals surface area contributed by atoms with Crippen LogP contribution in [0.3, 0.4) is 0 Å². The maximum atomic E-state index is 3.88. The van der Waals surface area contributed by atoms with E-state index in [1.165, 1.54) is 0 Å². The van der Waals surface area contributed by atoms with Crippen LogP contribution in [-0.4, -0.2) is 17.0 Å². The summed E-state index contributed by atoms with van der Waals surface area (Å²) in [6.45, 7) is 0. The Morgan fingerprint density at radius 2 is 1.70 bits per heavy atom. The number of hydrogen-bond acceptors (Lipinski definition) is 3. The Labute approximate surface area is 72.1 Å². The van der Waals surface area contributed by atoms with E-state index in [0.29, 0.717) is 5.95 Å². The minimum Gasteiger partial charge on any atom is -0.357 e. The molecule has 0 atom stereocenters. The van der Waals surface area contributed by atoms with Gasteiger partial charge in [0.05, 0.1) is 0 Å². The molecule has 58 valence electrons. The van der Waals surface area contributed by atoms with Gasteiger partial charge in [-0.05, 0) is 6.07 Å². The van der Waals surface area contributed by atoms with E-state index in [1.54, 1.807) is 25.5 Å². The van der Waals surface area contributed by atoms with Crippen LogP contribution in [0.25, 0.3) is 0 Å². The van der Waals surface area contributed by atoms with E-state index in [4.69, 9.17) is 0 Å². The van der Waals surface area contributed by atoms with Crippen LogP contribution in [0, 0.1) is 0 Å². The van der Waals surface area contributed by atoms with Crippen molar-refractivity contribution in [2.45, 2.75) is 0 Å². The molecule has 0 aliphatic heterocycles. The topological polar surface area (TPSA) is 37.8 Å². The van der Waals surface area contributed by atoms with E-state index in [1.807, 2.05) is 0 Å². The van der Waals surface area contributed by atoms with Crippen LogP contribution in [0.2, 0.25) is 0 Å². The minimum atomic E-state index is 0. The third-order valence-electron chi connectivity index (χ3n) is 0.789. The lowest BCUT2D eigenvalue weighted by Crippen LogP contribution is -1.92. The fourth-order valence-corrected chi connectivity index (χ4v) is 0.428. The van der Waals surface area contributed by atoms with Crippen molar-refractivity contribution in [1.29, 1.82) is 0 Å². The van der Waals surface area contributed by atoms with Crippen LogP contribution >= 0.6 is 24.8 Å². The summed E-state index contributed by atoms with van der Waals surface area (Å²) in [5.74, 6) is 0.660. The van der Waals surface area contributed by atoms with Crippen molar-refractivity contribution in [3.8, 4) is 0 Å². The fourth-order valence-electron chi connectivity index (χ4n) is 0.428. The van der Waals surface area contributed by atoms with E-state index in [9.17, 15) is 0 Å². The predicted octanol–water partition coefficient (Wildman–Crippen LogP) is 1.36. The maximum absolute atomic E-state index is 3.88. The Balaban J connectivity index is 0. The van der Waals surface area contributed by atoms with Crippen LogP contribution in [-0.2, 0) is 0 Å². The van der Waals surface area contributed by atoms with Gasteiger partial charge in [-0.2, -0.15) is 0 Å². The molecule has 0 saturated carbocycles. The molecule has 0 aliphatic carbocycles. The van der Waals surface area contributed by atoms with Gasteiger partial charge in [-0.15, -0.1) is 24.8 Å². The number of nitrogens with one attached hydrogen (secondary N) is 1. The largest absolute Gasteiger partial charge is 0.357 e. The third-order valence-corrected chi connectivity index (χ3v) is 0.789. The second-order valence-corrected chi connectivity index (χ2v) is 1.32. The summed E-state index contributed by atoms with van der Waals surface area (Å²) in [5.41, 5.74) is 0. The second kappa shape index (κ2) is 6.58. The van der Waals surface area contributed by atoms with Gasteiger partial charge in [0.1, 0.15) is 0 Å². The van der Waals surface area contributed by atoms with E-state index >= 15 is 0 Å². The van der Waals surface area contributed by atoms with E-state index in [0.717, 1.165) is 0 Å². The van der Waals surface area contributed by atoms with Crippen molar-refractivity contribution in [2.75, 3.05) is 12.4 Å². The molecule has 10 heavy (non-hydrogen) atoms. The molecule has 1 aromatic rings. The fraction of sp³-hybridized carbons (Fsp3) is 0.200. The zero-order valence-electron chi connectivity index (χ0n) is 5.44. The molecule has 5 heteroatoms. The first-order chi connectivity index (χ1) is 3.93. The Morgan fingerprint density at radius 1 is 1.20 bits per heavy atom. The Bertz CT molecular complexity index is 156. The molecule has 1 aromatic heterocycles. The monoisotopic (exact) mass is 181 g/mol. The van der Waals surface area contributed by atoms with Crippen LogP contribution < -0.4 is 5.32 Å². The van der Waals surface area contributed by atoms with Gasteiger partial charge in [0.2, 0.25) is 5.95 Å². The number of nitrogens with zero attached hydrogens (tertiary/aromatic N) is 2. The summed E-state index contributed by atoms with van der Waals surface area (Å²) in [5, 5.41) is 2.80. The average Bonchev–Trinajstić information content (AvgIpc) is 1.90. The van der Waals surface area contributed by atoms with Crippen LogP contribution in [0.1, 0.15) is 0 Å². The van der Waals surface area contributed by atoms with Gasteiger partial charge in [-0.1, -0.05) is 0 Å². The lowest BCUT2D eigenvalue weighted by atomic mass is 10.7. The van der Waals surface area contributed by atoms with E-state index in [2.05, 4.69) is 15.3 Å². The quantitative estimate of drug-likeness (QED) is 0.712. The van der Waals surface area contributed by atoms with Gasteiger partial charge < -0.3 is 5.32 Å². The van der Waals surface area contributed by atoms with Crippen molar-refractivity contribution >= 4 is 30.8 Å². The van der Waals surface area contributed by atoms with Crippen LogP contribution in [0.4, 0.5) is 5.95 Å². The SMILES string of the molecule is CNc1ncccn1.Cl.Cl. The highest BCUT2D eigenvalue weighted by atomic mass is 35.5. The van der Waals surface area contributed by atoms with Crippen molar-refractivity contribution in [3.63, 3.8) is 0 Å². The number of aromatic nitrogens is 2. The van der Waals surface area contributed by atoms with Crippen molar-refractivity contribution in [2.24, 2.45) is 0 Å². The highest BCUT2D eigenvalue weighted by Gasteiger charge is 1.81. The Hall–Kier alpha value is -0.540. The van der Waals surface area contributed by atoms with Gasteiger partial charge in [0.15, 0.2) is 0 Å². The number of anilines is 1. The summed E-state index contributed by atoms with van der Waals surface area (Å²) in [7, 11) is 1.79. The van der Waals surface area contributed by atoms with Gasteiger partial charge >= 0.3 is 0 Å². The molecule has 0 aliphatic rings. The molecule has 1 heterocycles. The first-order valence-corrected chi connectivity index (χ1v) is 2.38. The van der Waals surface area contributed by atoms with Gasteiger partial charge in [-0.25, -0.2) is 9.97 Å². The molecule has 0 radical (unpaired) electrons. The molecule has 0 amide bonds. The smallest absolute Gasteiger partial charge is 0.222 e. The van der Waals surface area contributed by atoms with Crippen molar-refractivity contribution in [3.05, 3.63) is 18.5 Å². The summed E-state index contributed by atoms with van der Waals surface area (Å²) in [6.07, 6.45) is 3.39. The zero-order chi connectivity index (χ0) is 5.82. The summed E-state index contributed by atoms with van der Waals surface area (Å²) in [4.78, 5) is 7.75. The van der Waals surface area contributed by atoms with Crippen molar-refractivity contribution in [1.82, 2.24) is 9.97 Å².